The van der Waals surface area contributed by atoms with E-state index in [2.05, 4.69) is 58.6 Å². The van der Waals surface area contributed by atoms with E-state index in [0.29, 0.717) is 0 Å². The molecular weight excluding hydrogens is 329 g/mol. The van der Waals surface area contributed by atoms with Crippen LogP contribution in [0.5, 0.6) is 0 Å². The van der Waals surface area contributed by atoms with E-state index < -0.39 is 0 Å². The summed E-state index contributed by atoms with van der Waals surface area (Å²) in [6.07, 6.45) is 1.77. The Morgan fingerprint density at radius 3 is 2.47 bits per heavy atom. The molecule has 0 fully saturated rings. The van der Waals surface area contributed by atoms with Crippen LogP contribution in [-0.4, -0.2) is 23.6 Å². The van der Waals surface area contributed by atoms with Gasteiger partial charge in [0.2, 0.25) is 0 Å². The highest BCUT2D eigenvalue weighted by Gasteiger charge is 2.16. The number of aromatic nitrogens is 2. The van der Waals surface area contributed by atoms with Gasteiger partial charge < -0.3 is 10.1 Å². The molecule has 0 saturated carbocycles. The molecule has 1 N–H and O–H groups in total. The standard InChI is InChI=1S/C12H20IN3O/c1-5-8-10(13)12(14-7-3)16-11(15-8)9(6-2)17-4/h9H,5-7H2,1-4H3,(H,14,15,16). The predicted molar refractivity (Wildman–Crippen MR) is 78.3 cm³/mol. The maximum Gasteiger partial charge on any atom is 0.159 e. The first kappa shape index (κ1) is 14.6. The number of halogens is 1. The number of aryl methyl sites for hydroxylation is 1. The van der Waals surface area contributed by atoms with Crippen LogP contribution in [0.4, 0.5) is 5.82 Å². The summed E-state index contributed by atoms with van der Waals surface area (Å²) in [5, 5.41) is 3.28. The highest BCUT2D eigenvalue weighted by Crippen LogP contribution is 2.24. The lowest BCUT2D eigenvalue weighted by Gasteiger charge is -2.16. The molecule has 0 aliphatic rings. The summed E-state index contributed by atoms with van der Waals surface area (Å²) in [4.78, 5) is 9.15. The van der Waals surface area contributed by atoms with E-state index >= 15 is 0 Å². The number of nitrogens with one attached hydrogen (secondary N) is 1. The lowest BCUT2D eigenvalue weighted by molar-refractivity contribution is 0.0924. The van der Waals surface area contributed by atoms with E-state index in [4.69, 9.17) is 4.74 Å². The fraction of sp³-hybridized carbons (Fsp3) is 0.667. The first-order valence-corrected chi connectivity index (χ1v) is 7.08. The van der Waals surface area contributed by atoms with Crippen LogP contribution in [0.3, 0.4) is 0 Å². The van der Waals surface area contributed by atoms with Crippen molar-refractivity contribution < 1.29 is 4.74 Å². The Labute approximate surface area is 117 Å². The molecule has 96 valence electrons. The van der Waals surface area contributed by atoms with Crippen molar-refractivity contribution in [2.24, 2.45) is 0 Å². The molecule has 17 heavy (non-hydrogen) atoms. The van der Waals surface area contributed by atoms with Gasteiger partial charge in [-0.25, -0.2) is 9.97 Å². The quantitative estimate of drug-likeness (QED) is 0.802. The van der Waals surface area contributed by atoms with E-state index in [9.17, 15) is 0 Å². The van der Waals surface area contributed by atoms with Gasteiger partial charge in [0.05, 0.1) is 9.26 Å². The van der Waals surface area contributed by atoms with Crippen molar-refractivity contribution in [1.82, 2.24) is 9.97 Å². The molecule has 4 nitrogen and oxygen atoms in total. The number of methoxy groups -OCH3 is 1. The zero-order valence-electron chi connectivity index (χ0n) is 10.9. The van der Waals surface area contributed by atoms with Gasteiger partial charge in [0.25, 0.3) is 0 Å². The number of hydrogen-bond acceptors (Lipinski definition) is 4. The maximum atomic E-state index is 5.40. The Hall–Kier alpha value is -0.430. The highest BCUT2D eigenvalue weighted by atomic mass is 127. The average molecular weight is 349 g/mol. The van der Waals surface area contributed by atoms with Crippen LogP contribution in [0.15, 0.2) is 0 Å². The molecule has 0 aliphatic heterocycles. The molecule has 1 aromatic rings. The molecule has 0 spiro atoms. The lowest BCUT2D eigenvalue weighted by Crippen LogP contribution is -2.13. The van der Waals surface area contributed by atoms with Gasteiger partial charge in [-0.05, 0) is 42.4 Å². The Balaban J connectivity index is 3.18. The van der Waals surface area contributed by atoms with Crippen molar-refractivity contribution in [3.8, 4) is 0 Å². The molecule has 0 saturated heterocycles. The van der Waals surface area contributed by atoms with Gasteiger partial charge in [0.15, 0.2) is 5.82 Å². The topological polar surface area (TPSA) is 47.0 Å². The third-order valence-electron chi connectivity index (χ3n) is 2.56. The Bertz CT molecular complexity index is 367. The molecule has 0 bridgehead atoms. The van der Waals surface area contributed by atoms with Crippen LogP contribution >= 0.6 is 22.6 Å². The first-order valence-electron chi connectivity index (χ1n) is 6.00. The highest BCUT2D eigenvalue weighted by molar-refractivity contribution is 14.1. The minimum atomic E-state index is -0.0188. The number of rotatable bonds is 6. The summed E-state index contributed by atoms with van der Waals surface area (Å²) in [5.41, 5.74) is 1.09. The van der Waals surface area contributed by atoms with Crippen molar-refractivity contribution in [2.45, 2.75) is 39.7 Å². The monoisotopic (exact) mass is 349 g/mol. The molecule has 0 aromatic carbocycles. The summed E-state index contributed by atoms with van der Waals surface area (Å²) in [6.45, 7) is 7.11. The minimum Gasteiger partial charge on any atom is -0.373 e. The predicted octanol–water partition coefficient (Wildman–Crippen LogP) is 3.17. The second kappa shape index (κ2) is 7.10. The number of ether oxygens (including phenoxy) is 1. The van der Waals surface area contributed by atoms with Crippen molar-refractivity contribution >= 4 is 28.4 Å². The van der Waals surface area contributed by atoms with E-state index in [1.54, 1.807) is 7.11 Å². The largest absolute Gasteiger partial charge is 0.373 e. The number of nitrogens with zero attached hydrogens (tertiary/aromatic N) is 2. The molecule has 1 aromatic heterocycles. The Kier molecular flexibility index (Phi) is 6.11. The van der Waals surface area contributed by atoms with Crippen LogP contribution < -0.4 is 5.32 Å². The molecule has 1 unspecified atom stereocenters. The van der Waals surface area contributed by atoms with Gasteiger partial charge in [-0.3, -0.25) is 0 Å². The fourth-order valence-corrected chi connectivity index (χ4v) is 2.44. The molecular formula is C12H20IN3O. The second-order valence-corrected chi connectivity index (χ2v) is 4.79. The second-order valence-electron chi connectivity index (χ2n) is 3.71. The zero-order valence-corrected chi connectivity index (χ0v) is 13.0. The van der Waals surface area contributed by atoms with Gasteiger partial charge in [0, 0.05) is 13.7 Å². The van der Waals surface area contributed by atoms with Crippen molar-refractivity contribution in [3.05, 3.63) is 15.1 Å². The van der Waals surface area contributed by atoms with Gasteiger partial charge in [-0.15, -0.1) is 0 Å². The minimum absolute atomic E-state index is 0.0188. The molecule has 1 rings (SSSR count). The van der Waals surface area contributed by atoms with Crippen LogP contribution in [0.2, 0.25) is 0 Å². The van der Waals surface area contributed by atoms with Gasteiger partial charge >= 0.3 is 0 Å². The van der Waals surface area contributed by atoms with E-state index in [0.717, 1.165) is 40.3 Å². The normalized spacial score (nSPS) is 12.5. The maximum absolute atomic E-state index is 5.40. The fourth-order valence-electron chi connectivity index (χ4n) is 1.63. The zero-order chi connectivity index (χ0) is 12.8. The van der Waals surface area contributed by atoms with Crippen molar-refractivity contribution in [3.63, 3.8) is 0 Å². The smallest absolute Gasteiger partial charge is 0.159 e. The molecule has 1 atom stereocenters. The first-order chi connectivity index (χ1) is 8.17. The molecule has 0 radical (unpaired) electrons. The summed E-state index contributed by atoms with van der Waals surface area (Å²) in [5.74, 6) is 1.70. The summed E-state index contributed by atoms with van der Waals surface area (Å²) in [6, 6.07) is 0. The summed E-state index contributed by atoms with van der Waals surface area (Å²) < 4.78 is 6.52. The number of hydrogen-bond donors (Lipinski definition) is 1. The van der Waals surface area contributed by atoms with Crippen molar-refractivity contribution in [2.75, 3.05) is 19.0 Å². The SMILES string of the molecule is CCNc1nc(C(CC)OC)nc(CC)c1I. The van der Waals surface area contributed by atoms with E-state index in [-0.39, 0.29) is 6.10 Å². The molecule has 1 heterocycles. The third kappa shape index (κ3) is 3.51. The van der Waals surface area contributed by atoms with Gasteiger partial charge in [-0.2, -0.15) is 0 Å². The summed E-state index contributed by atoms with van der Waals surface area (Å²) in [7, 11) is 1.70. The Morgan fingerprint density at radius 1 is 1.29 bits per heavy atom. The Morgan fingerprint density at radius 2 is 2.00 bits per heavy atom. The van der Waals surface area contributed by atoms with Gasteiger partial charge in [0.1, 0.15) is 11.9 Å². The third-order valence-corrected chi connectivity index (χ3v) is 3.69. The van der Waals surface area contributed by atoms with E-state index in [1.807, 2.05) is 0 Å². The van der Waals surface area contributed by atoms with Gasteiger partial charge in [-0.1, -0.05) is 13.8 Å². The average Bonchev–Trinajstić information content (AvgIpc) is 2.34. The van der Waals surface area contributed by atoms with Crippen molar-refractivity contribution in [1.29, 1.82) is 0 Å². The summed E-state index contributed by atoms with van der Waals surface area (Å²) >= 11 is 2.30. The molecule has 0 amide bonds. The van der Waals surface area contributed by atoms with Crippen LogP contribution in [-0.2, 0) is 11.2 Å². The lowest BCUT2D eigenvalue weighted by atomic mass is 10.2. The number of anilines is 1. The molecule has 5 heteroatoms. The van der Waals surface area contributed by atoms with E-state index in [1.165, 1.54) is 0 Å². The van der Waals surface area contributed by atoms with Crippen LogP contribution in [0, 0.1) is 3.57 Å². The van der Waals surface area contributed by atoms with Crippen LogP contribution in [0.25, 0.3) is 0 Å². The molecule has 0 aliphatic carbocycles. The van der Waals surface area contributed by atoms with Crippen LogP contribution in [0.1, 0.15) is 44.8 Å².